The molecule has 1 aromatic heterocycles. The molecule has 1 N–H and O–H groups in total. The van der Waals surface area contributed by atoms with Crippen molar-refractivity contribution >= 4 is 22.7 Å². The summed E-state index contributed by atoms with van der Waals surface area (Å²) in [6.45, 7) is 7.97. The van der Waals surface area contributed by atoms with Crippen LogP contribution in [0.2, 0.25) is 0 Å². The number of likely N-dealkylation sites (tertiary alicyclic amines) is 1. The average molecular weight is 344 g/mol. The number of benzene rings is 1. The Morgan fingerprint density at radius 2 is 2.21 bits per heavy atom. The zero-order valence-electron chi connectivity index (χ0n) is 14.3. The number of anilines is 1. The maximum absolute atomic E-state index is 5.78. The Bertz CT molecular complexity index is 692. The van der Waals surface area contributed by atoms with Crippen molar-refractivity contribution in [1.29, 1.82) is 0 Å². The highest BCUT2D eigenvalue weighted by Gasteiger charge is 2.14. The number of aryl methyl sites for hydroxylation is 1. The molecule has 0 bridgehead atoms. The van der Waals surface area contributed by atoms with Gasteiger partial charge in [0.25, 0.3) is 0 Å². The fourth-order valence-corrected chi connectivity index (χ4v) is 3.49. The van der Waals surface area contributed by atoms with E-state index in [1.54, 1.807) is 11.3 Å². The number of hydrogen-bond donors (Lipinski definition) is 1. The van der Waals surface area contributed by atoms with Gasteiger partial charge in [-0.2, -0.15) is 5.10 Å². The van der Waals surface area contributed by atoms with Gasteiger partial charge in [-0.15, -0.1) is 11.3 Å². The lowest BCUT2D eigenvalue weighted by molar-refractivity contribution is 0.305. The number of ether oxygens (including phenoxy) is 1. The van der Waals surface area contributed by atoms with Crippen LogP contribution in [-0.2, 0) is 6.54 Å². The lowest BCUT2D eigenvalue weighted by Crippen LogP contribution is -2.19. The third-order valence-electron chi connectivity index (χ3n) is 3.97. The second-order valence-corrected chi connectivity index (χ2v) is 6.81. The second kappa shape index (κ2) is 8.26. The highest BCUT2D eigenvalue weighted by Crippen LogP contribution is 2.23. The summed E-state index contributed by atoms with van der Waals surface area (Å²) in [4.78, 5) is 6.81. The minimum atomic E-state index is 0.686. The van der Waals surface area contributed by atoms with Crippen LogP contribution in [0.1, 0.15) is 36.6 Å². The molecule has 0 amide bonds. The molecule has 0 atom stereocenters. The third-order valence-corrected chi connectivity index (χ3v) is 4.83. The summed E-state index contributed by atoms with van der Waals surface area (Å²) in [6.07, 6.45) is 4.42. The van der Waals surface area contributed by atoms with Gasteiger partial charge in [-0.3, -0.25) is 10.3 Å². The van der Waals surface area contributed by atoms with Crippen molar-refractivity contribution in [2.24, 2.45) is 5.10 Å². The molecule has 3 rings (SSSR count). The first-order chi connectivity index (χ1) is 11.7. The van der Waals surface area contributed by atoms with Gasteiger partial charge in [0.05, 0.1) is 18.5 Å². The SMILES string of the molecule is CCOc1ccc(C=NNc2nc(C)cs2)cc1CN1CCCC1. The largest absolute Gasteiger partial charge is 0.494 e. The van der Waals surface area contributed by atoms with Gasteiger partial charge < -0.3 is 4.74 Å². The van der Waals surface area contributed by atoms with Crippen molar-refractivity contribution in [2.75, 3.05) is 25.1 Å². The molecule has 1 aliphatic heterocycles. The molecule has 1 fully saturated rings. The van der Waals surface area contributed by atoms with E-state index >= 15 is 0 Å². The first-order valence-electron chi connectivity index (χ1n) is 8.44. The monoisotopic (exact) mass is 344 g/mol. The van der Waals surface area contributed by atoms with Crippen LogP contribution in [0.3, 0.4) is 0 Å². The van der Waals surface area contributed by atoms with Crippen LogP contribution in [0.15, 0.2) is 28.7 Å². The summed E-state index contributed by atoms with van der Waals surface area (Å²) < 4.78 is 5.78. The smallest absolute Gasteiger partial charge is 0.203 e. The van der Waals surface area contributed by atoms with Crippen molar-refractivity contribution in [3.63, 3.8) is 0 Å². The molecule has 0 aliphatic carbocycles. The Morgan fingerprint density at radius 3 is 2.92 bits per heavy atom. The van der Waals surface area contributed by atoms with E-state index in [0.717, 1.165) is 28.7 Å². The van der Waals surface area contributed by atoms with Crippen LogP contribution in [-0.4, -0.2) is 35.8 Å². The lowest BCUT2D eigenvalue weighted by atomic mass is 10.1. The first kappa shape index (κ1) is 16.9. The quantitative estimate of drug-likeness (QED) is 0.611. The second-order valence-electron chi connectivity index (χ2n) is 5.95. The summed E-state index contributed by atoms with van der Waals surface area (Å²) in [7, 11) is 0. The maximum Gasteiger partial charge on any atom is 0.203 e. The summed E-state index contributed by atoms with van der Waals surface area (Å²) in [6, 6.07) is 6.25. The molecule has 1 aromatic carbocycles. The lowest BCUT2D eigenvalue weighted by Gasteiger charge is -2.18. The van der Waals surface area contributed by atoms with Crippen molar-refractivity contribution in [3.8, 4) is 5.75 Å². The van der Waals surface area contributed by atoms with Crippen molar-refractivity contribution < 1.29 is 4.74 Å². The van der Waals surface area contributed by atoms with Crippen LogP contribution in [0.4, 0.5) is 5.13 Å². The molecule has 0 unspecified atom stereocenters. The number of hydrazone groups is 1. The standard InChI is InChI=1S/C18H24N4OS/c1-3-23-17-7-6-15(10-16(17)12-22-8-4-5-9-22)11-19-21-18-20-14(2)13-24-18/h6-7,10-11,13H,3-5,8-9,12H2,1-2H3,(H,20,21). The Labute approximate surface area is 147 Å². The van der Waals surface area contributed by atoms with E-state index in [0.29, 0.717) is 6.61 Å². The predicted molar refractivity (Wildman–Crippen MR) is 100 cm³/mol. The number of aromatic nitrogens is 1. The molecule has 2 heterocycles. The van der Waals surface area contributed by atoms with Crippen LogP contribution >= 0.6 is 11.3 Å². The van der Waals surface area contributed by atoms with Crippen LogP contribution in [0, 0.1) is 6.92 Å². The Balaban J connectivity index is 1.70. The van der Waals surface area contributed by atoms with Gasteiger partial charge in [0, 0.05) is 17.5 Å². The Morgan fingerprint density at radius 1 is 1.38 bits per heavy atom. The van der Waals surface area contributed by atoms with Gasteiger partial charge in [-0.1, -0.05) is 0 Å². The van der Waals surface area contributed by atoms with Crippen molar-refractivity contribution in [3.05, 3.63) is 40.4 Å². The molecule has 0 spiro atoms. The van der Waals surface area contributed by atoms with Gasteiger partial charge in [0.1, 0.15) is 5.75 Å². The van der Waals surface area contributed by atoms with Gasteiger partial charge in [-0.25, -0.2) is 4.98 Å². The molecule has 0 radical (unpaired) electrons. The molecular weight excluding hydrogens is 320 g/mol. The van der Waals surface area contributed by atoms with Gasteiger partial charge >= 0.3 is 0 Å². The van der Waals surface area contributed by atoms with Crippen LogP contribution in [0.25, 0.3) is 0 Å². The van der Waals surface area contributed by atoms with E-state index in [4.69, 9.17) is 4.74 Å². The van der Waals surface area contributed by atoms with Gasteiger partial charge in [0.2, 0.25) is 5.13 Å². The summed E-state index contributed by atoms with van der Waals surface area (Å²) in [5, 5.41) is 7.11. The maximum atomic E-state index is 5.78. The third kappa shape index (κ3) is 4.55. The highest BCUT2D eigenvalue weighted by molar-refractivity contribution is 7.13. The average Bonchev–Trinajstić information content (AvgIpc) is 3.22. The van der Waals surface area contributed by atoms with E-state index in [1.165, 1.54) is 31.5 Å². The minimum absolute atomic E-state index is 0.686. The summed E-state index contributed by atoms with van der Waals surface area (Å²) in [5.41, 5.74) is 6.28. The highest BCUT2D eigenvalue weighted by atomic mass is 32.1. The van der Waals surface area contributed by atoms with Gasteiger partial charge in [-0.05, 0) is 63.5 Å². The molecule has 1 saturated heterocycles. The number of hydrogen-bond acceptors (Lipinski definition) is 6. The number of thiazole rings is 1. The van der Waals surface area contributed by atoms with E-state index in [2.05, 4.69) is 26.5 Å². The first-order valence-corrected chi connectivity index (χ1v) is 9.32. The Hall–Kier alpha value is -1.92. The van der Waals surface area contributed by atoms with Crippen molar-refractivity contribution in [1.82, 2.24) is 9.88 Å². The molecule has 1 aliphatic rings. The van der Waals surface area contributed by atoms with E-state index in [1.807, 2.05) is 37.6 Å². The Kier molecular flexibility index (Phi) is 5.82. The molecule has 2 aromatic rings. The van der Waals surface area contributed by atoms with E-state index in [-0.39, 0.29) is 0 Å². The molecule has 5 nitrogen and oxygen atoms in total. The molecular formula is C18H24N4OS. The fourth-order valence-electron chi connectivity index (χ4n) is 2.85. The molecule has 24 heavy (non-hydrogen) atoms. The number of nitrogens with zero attached hydrogens (tertiary/aromatic N) is 3. The topological polar surface area (TPSA) is 49.8 Å². The number of rotatable bonds is 7. The van der Waals surface area contributed by atoms with Crippen LogP contribution < -0.4 is 10.2 Å². The van der Waals surface area contributed by atoms with Gasteiger partial charge in [0.15, 0.2) is 0 Å². The summed E-state index contributed by atoms with van der Waals surface area (Å²) >= 11 is 1.56. The zero-order chi connectivity index (χ0) is 16.8. The molecule has 0 saturated carbocycles. The van der Waals surface area contributed by atoms with Crippen LogP contribution in [0.5, 0.6) is 5.75 Å². The minimum Gasteiger partial charge on any atom is -0.494 e. The van der Waals surface area contributed by atoms with Crippen molar-refractivity contribution in [2.45, 2.75) is 33.2 Å². The fraction of sp³-hybridized carbons (Fsp3) is 0.444. The predicted octanol–water partition coefficient (Wildman–Crippen LogP) is 3.89. The molecule has 128 valence electrons. The van der Waals surface area contributed by atoms with E-state index in [9.17, 15) is 0 Å². The normalized spacial score (nSPS) is 15.2. The summed E-state index contributed by atoms with van der Waals surface area (Å²) in [5.74, 6) is 0.977. The number of nitrogens with one attached hydrogen (secondary N) is 1. The van der Waals surface area contributed by atoms with E-state index < -0.39 is 0 Å². The molecule has 6 heteroatoms. The zero-order valence-corrected chi connectivity index (χ0v) is 15.1.